The lowest BCUT2D eigenvalue weighted by Crippen LogP contribution is -2.45. The van der Waals surface area contributed by atoms with E-state index in [1.54, 1.807) is 0 Å². The van der Waals surface area contributed by atoms with Gasteiger partial charge in [0.25, 0.3) is 0 Å². The number of hydrogen-bond donors (Lipinski definition) is 5. The minimum atomic E-state index is -4.65. The van der Waals surface area contributed by atoms with Crippen LogP contribution in [0.1, 0.15) is 6.92 Å². The lowest BCUT2D eigenvalue weighted by Gasteiger charge is -2.26. The van der Waals surface area contributed by atoms with Crippen LogP contribution in [0.2, 0.25) is 0 Å². The molecule has 13 heavy (non-hydrogen) atoms. The summed E-state index contributed by atoms with van der Waals surface area (Å²) in [6, 6.07) is 0. The fraction of sp³-hybridized carbons (Fsp3) is 1.00. The minimum absolute atomic E-state index is 0.737. The van der Waals surface area contributed by atoms with Crippen molar-refractivity contribution in [3.63, 3.8) is 0 Å². The standard InChI is InChI=1S/C5H13O7P/c1-5(8,3-6)4(7)2-12-13(9,10)11/h4,6-8H,2-3H2,1H3,(H2,9,10,11)/t4-,5+/m0/s1. The molecule has 0 aromatic rings. The maximum Gasteiger partial charge on any atom is 0.469 e. The summed E-state index contributed by atoms with van der Waals surface area (Å²) in [6.45, 7) is -0.378. The molecule has 0 aliphatic carbocycles. The molecule has 0 fully saturated rings. The molecule has 0 saturated heterocycles. The Balaban J connectivity index is 4.02. The van der Waals surface area contributed by atoms with Crippen LogP contribution in [0.25, 0.3) is 0 Å². The molecule has 0 unspecified atom stereocenters. The third kappa shape index (κ3) is 5.33. The molecule has 0 saturated carbocycles. The van der Waals surface area contributed by atoms with Crippen molar-refractivity contribution in [3.8, 4) is 0 Å². The number of phosphoric ester groups is 1. The fourth-order valence-electron chi connectivity index (χ4n) is 0.453. The third-order valence-corrected chi connectivity index (χ3v) is 1.92. The van der Waals surface area contributed by atoms with E-state index in [4.69, 9.17) is 25.1 Å². The van der Waals surface area contributed by atoms with Gasteiger partial charge < -0.3 is 25.1 Å². The van der Waals surface area contributed by atoms with Crippen molar-refractivity contribution in [1.82, 2.24) is 0 Å². The highest BCUT2D eigenvalue weighted by Crippen LogP contribution is 2.36. The molecule has 8 heteroatoms. The zero-order chi connectivity index (χ0) is 10.7. The van der Waals surface area contributed by atoms with E-state index in [9.17, 15) is 4.57 Å². The van der Waals surface area contributed by atoms with Crippen LogP contribution >= 0.6 is 7.82 Å². The summed E-state index contributed by atoms with van der Waals surface area (Å²) >= 11 is 0. The number of hydrogen-bond acceptors (Lipinski definition) is 5. The molecular weight excluding hydrogens is 203 g/mol. The molecule has 0 aliphatic heterocycles. The molecule has 2 atom stereocenters. The van der Waals surface area contributed by atoms with Crippen LogP contribution < -0.4 is 0 Å². The number of phosphoric acid groups is 1. The van der Waals surface area contributed by atoms with Crippen molar-refractivity contribution < 1.29 is 34.2 Å². The Labute approximate surface area is 74.8 Å². The van der Waals surface area contributed by atoms with E-state index in [0.29, 0.717) is 0 Å². The Hall–Kier alpha value is -0.0100. The molecule has 5 N–H and O–H groups in total. The van der Waals surface area contributed by atoms with Crippen LogP contribution in [0, 0.1) is 0 Å². The quantitative estimate of drug-likeness (QED) is 0.343. The van der Waals surface area contributed by atoms with Gasteiger partial charge in [0.2, 0.25) is 0 Å². The van der Waals surface area contributed by atoms with Gasteiger partial charge in [0.1, 0.15) is 11.7 Å². The molecule has 0 aromatic heterocycles. The van der Waals surface area contributed by atoms with E-state index in [0.717, 1.165) is 6.92 Å². The van der Waals surface area contributed by atoms with Crippen molar-refractivity contribution in [1.29, 1.82) is 0 Å². The SMILES string of the molecule is C[C@@](O)(CO)[C@@H](O)COP(=O)(O)O. The summed E-state index contributed by atoms with van der Waals surface area (Å²) in [5.41, 5.74) is -1.84. The first-order valence-electron chi connectivity index (χ1n) is 3.40. The van der Waals surface area contributed by atoms with Crippen LogP contribution in [0.4, 0.5) is 0 Å². The highest BCUT2D eigenvalue weighted by atomic mass is 31.2. The molecule has 0 aliphatic rings. The first kappa shape index (κ1) is 13.0. The van der Waals surface area contributed by atoms with E-state index in [1.165, 1.54) is 0 Å². The largest absolute Gasteiger partial charge is 0.469 e. The van der Waals surface area contributed by atoms with Gasteiger partial charge in [0.15, 0.2) is 0 Å². The first-order chi connectivity index (χ1) is 5.69. The molecule has 0 heterocycles. The van der Waals surface area contributed by atoms with Gasteiger partial charge in [-0.2, -0.15) is 0 Å². The van der Waals surface area contributed by atoms with E-state index in [1.807, 2.05) is 0 Å². The van der Waals surface area contributed by atoms with Gasteiger partial charge in [-0.3, -0.25) is 4.52 Å². The van der Waals surface area contributed by atoms with E-state index in [-0.39, 0.29) is 0 Å². The van der Waals surface area contributed by atoms with Gasteiger partial charge in [0, 0.05) is 0 Å². The number of aliphatic hydroxyl groups is 3. The third-order valence-electron chi connectivity index (χ3n) is 1.44. The summed E-state index contributed by atoms with van der Waals surface area (Å²) in [6.07, 6.45) is -1.56. The molecule has 0 radical (unpaired) electrons. The van der Waals surface area contributed by atoms with Crippen LogP contribution in [-0.4, -0.2) is 50.0 Å². The maximum atomic E-state index is 10.2. The normalized spacial score (nSPS) is 19.5. The number of aliphatic hydroxyl groups excluding tert-OH is 2. The molecule has 80 valence electrons. The van der Waals surface area contributed by atoms with Crippen LogP contribution in [-0.2, 0) is 9.09 Å². The molecular formula is C5H13O7P. The topological polar surface area (TPSA) is 127 Å². The van der Waals surface area contributed by atoms with Crippen LogP contribution in [0.5, 0.6) is 0 Å². The monoisotopic (exact) mass is 216 g/mol. The molecule has 0 spiro atoms. The van der Waals surface area contributed by atoms with Crippen LogP contribution in [0.3, 0.4) is 0 Å². The van der Waals surface area contributed by atoms with E-state index in [2.05, 4.69) is 4.52 Å². The average molecular weight is 216 g/mol. The van der Waals surface area contributed by atoms with Gasteiger partial charge in [-0.1, -0.05) is 0 Å². The second kappa shape index (κ2) is 4.47. The van der Waals surface area contributed by atoms with Crippen molar-refractivity contribution >= 4 is 7.82 Å². The zero-order valence-electron chi connectivity index (χ0n) is 6.99. The van der Waals surface area contributed by atoms with Gasteiger partial charge >= 0.3 is 7.82 Å². The fourth-order valence-corrected chi connectivity index (χ4v) is 0.788. The molecule has 0 bridgehead atoms. The van der Waals surface area contributed by atoms with Crippen molar-refractivity contribution in [2.45, 2.75) is 18.6 Å². The molecule has 0 aromatic carbocycles. The Morgan fingerprint density at radius 3 is 2.31 bits per heavy atom. The zero-order valence-corrected chi connectivity index (χ0v) is 7.89. The average Bonchev–Trinajstić information content (AvgIpc) is 1.98. The van der Waals surface area contributed by atoms with Gasteiger partial charge in [0.05, 0.1) is 13.2 Å². The van der Waals surface area contributed by atoms with Crippen molar-refractivity contribution in [2.24, 2.45) is 0 Å². The first-order valence-corrected chi connectivity index (χ1v) is 4.93. The minimum Gasteiger partial charge on any atom is -0.393 e. The smallest absolute Gasteiger partial charge is 0.393 e. The predicted octanol–water partition coefficient (Wildman–Crippen LogP) is -1.80. The van der Waals surface area contributed by atoms with Gasteiger partial charge in [-0.05, 0) is 6.92 Å². The Kier molecular flexibility index (Phi) is 4.47. The summed E-state index contributed by atoms with van der Waals surface area (Å²) in [5.74, 6) is 0. The maximum absolute atomic E-state index is 10.2. The Morgan fingerprint density at radius 2 is 2.00 bits per heavy atom. The van der Waals surface area contributed by atoms with Crippen LogP contribution in [0.15, 0.2) is 0 Å². The summed E-state index contributed by atoms with van der Waals surface area (Å²) in [5, 5.41) is 26.8. The summed E-state index contributed by atoms with van der Waals surface area (Å²) < 4.78 is 14.1. The molecule has 0 amide bonds. The lowest BCUT2D eigenvalue weighted by molar-refractivity contribution is -0.107. The summed E-state index contributed by atoms with van der Waals surface area (Å²) in [4.78, 5) is 16.5. The second-order valence-corrected chi connectivity index (χ2v) is 4.06. The highest BCUT2D eigenvalue weighted by Gasteiger charge is 2.31. The lowest BCUT2D eigenvalue weighted by atomic mass is 10.0. The second-order valence-electron chi connectivity index (χ2n) is 2.82. The van der Waals surface area contributed by atoms with Crippen molar-refractivity contribution in [2.75, 3.05) is 13.2 Å². The van der Waals surface area contributed by atoms with Gasteiger partial charge in [-0.25, -0.2) is 4.57 Å². The molecule has 0 rings (SSSR count). The van der Waals surface area contributed by atoms with Crippen molar-refractivity contribution in [3.05, 3.63) is 0 Å². The number of rotatable bonds is 5. The van der Waals surface area contributed by atoms with Gasteiger partial charge in [-0.15, -0.1) is 0 Å². The van der Waals surface area contributed by atoms with E-state index < -0.39 is 32.7 Å². The van der Waals surface area contributed by atoms with E-state index >= 15 is 0 Å². The molecule has 7 nitrogen and oxygen atoms in total. The Morgan fingerprint density at radius 1 is 1.54 bits per heavy atom. The highest BCUT2D eigenvalue weighted by molar-refractivity contribution is 7.46. The summed E-state index contributed by atoms with van der Waals surface area (Å²) in [7, 11) is -4.65. The predicted molar refractivity (Wildman–Crippen MR) is 41.7 cm³/mol. The Bertz CT molecular complexity index is 197.